The summed E-state index contributed by atoms with van der Waals surface area (Å²) in [6.45, 7) is 1.85. The monoisotopic (exact) mass is 461 g/mol. The standard InChI is InChI=1S/C17H13Br2N5O/c1-10-5-15(24-21-9-11-3-2-4-20-8-11)23-17(22-10)13-6-12(18)7-14(19)16(13)25/h2-9,25H,1H3,(H,22,23,24)/b21-9-. The number of nitrogens with zero attached hydrogens (tertiary/aromatic N) is 4. The first-order valence-corrected chi connectivity index (χ1v) is 8.84. The fourth-order valence-corrected chi connectivity index (χ4v) is 3.33. The van der Waals surface area contributed by atoms with Crippen molar-refractivity contribution in [1.29, 1.82) is 0 Å². The Balaban J connectivity index is 1.90. The van der Waals surface area contributed by atoms with E-state index < -0.39 is 0 Å². The van der Waals surface area contributed by atoms with Crippen molar-refractivity contribution >= 4 is 43.9 Å². The molecule has 0 amide bonds. The van der Waals surface area contributed by atoms with Gasteiger partial charge in [-0.2, -0.15) is 5.10 Å². The molecule has 0 spiro atoms. The van der Waals surface area contributed by atoms with Crippen LogP contribution >= 0.6 is 31.9 Å². The normalized spacial score (nSPS) is 11.0. The van der Waals surface area contributed by atoms with Gasteiger partial charge < -0.3 is 5.11 Å². The molecule has 0 bridgehead atoms. The van der Waals surface area contributed by atoms with Crippen molar-refractivity contribution in [2.24, 2.45) is 5.10 Å². The first kappa shape index (κ1) is 17.5. The Morgan fingerprint density at radius 3 is 2.80 bits per heavy atom. The summed E-state index contributed by atoms with van der Waals surface area (Å²) in [6, 6.07) is 9.02. The second-order valence-electron chi connectivity index (χ2n) is 5.16. The number of rotatable bonds is 4. The molecule has 0 unspecified atom stereocenters. The molecule has 3 rings (SSSR count). The quantitative estimate of drug-likeness (QED) is 0.439. The van der Waals surface area contributed by atoms with Gasteiger partial charge in [0.05, 0.1) is 16.3 Å². The third-order valence-corrected chi connectivity index (χ3v) is 4.26. The van der Waals surface area contributed by atoms with Crippen LogP contribution in [0.1, 0.15) is 11.3 Å². The van der Waals surface area contributed by atoms with Crippen LogP contribution in [0.25, 0.3) is 11.4 Å². The summed E-state index contributed by atoms with van der Waals surface area (Å²) in [4.78, 5) is 12.8. The van der Waals surface area contributed by atoms with Gasteiger partial charge in [-0.3, -0.25) is 10.4 Å². The van der Waals surface area contributed by atoms with Gasteiger partial charge in [0.1, 0.15) is 5.75 Å². The molecule has 0 saturated heterocycles. The van der Waals surface area contributed by atoms with Crippen LogP contribution in [0.4, 0.5) is 5.82 Å². The Labute approximate surface area is 161 Å². The fraction of sp³-hybridized carbons (Fsp3) is 0.0588. The van der Waals surface area contributed by atoms with Crippen LogP contribution in [0.15, 0.2) is 56.8 Å². The topological polar surface area (TPSA) is 83.3 Å². The average Bonchev–Trinajstić information content (AvgIpc) is 2.58. The van der Waals surface area contributed by atoms with Crippen molar-refractivity contribution in [1.82, 2.24) is 15.0 Å². The molecule has 25 heavy (non-hydrogen) atoms. The molecule has 8 heteroatoms. The zero-order valence-electron chi connectivity index (χ0n) is 13.1. The molecule has 0 aliphatic heterocycles. The highest BCUT2D eigenvalue weighted by molar-refractivity contribution is 9.11. The summed E-state index contributed by atoms with van der Waals surface area (Å²) in [7, 11) is 0. The molecule has 6 nitrogen and oxygen atoms in total. The SMILES string of the molecule is Cc1cc(N/N=C\c2cccnc2)nc(-c2cc(Br)cc(Br)c2O)n1. The second-order valence-corrected chi connectivity index (χ2v) is 6.93. The lowest BCUT2D eigenvalue weighted by molar-refractivity contribution is 0.473. The predicted octanol–water partition coefficient (Wildman–Crippen LogP) is 4.52. The minimum Gasteiger partial charge on any atom is -0.506 e. The van der Waals surface area contributed by atoms with Crippen LogP contribution in [-0.4, -0.2) is 26.3 Å². The van der Waals surface area contributed by atoms with Gasteiger partial charge in [-0.15, -0.1) is 0 Å². The Bertz CT molecular complexity index is 932. The number of anilines is 1. The van der Waals surface area contributed by atoms with Crippen LogP contribution in [-0.2, 0) is 0 Å². The van der Waals surface area contributed by atoms with Gasteiger partial charge in [0.2, 0.25) is 0 Å². The summed E-state index contributed by atoms with van der Waals surface area (Å²) >= 11 is 6.73. The second kappa shape index (κ2) is 7.71. The first-order valence-electron chi connectivity index (χ1n) is 7.26. The summed E-state index contributed by atoms with van der Waals surface area (Å²) < 4.78 is 1.37. The molecule has 0 aliphatic carbocycles. The molecule has 3 aromatic rings. The van der Waals surface area contributed by atoms with E-state index in [2.05, 4.69) is 57.3 Å². The smallest absolute Gasteiger partial charge is 0.165 e. The van der Waals surface area contributed by atoms with E-state index in [0.29, 0.717) is 21.7 Å². The molecule has 2 aromatic heterocycles. The van der Waals surface area contributed by atoms with E-state index in [1.807, 2.05) is 19.1 Å². The lowest BCUT2D eigenvalue weighted by atomic mass is 10.2. The van der Waals surface area contributed by atoms with Gasteiger partial charge in [-0.1, -0.05) is 22.0 Å². The molecule has 0 radical (unpaired) electrons. The highest BCUT2D eigenvalue weighted by atomic mass is 79.9. The van der Waals surface area contributed by atoms with Crippen molar-refractivity contribution in [2.75, 3.05) is 5.43 Å². The molecule has 126 valence electrons. The highest BCUT2D eigenvalue weighted by Gasteiger charge is 2.13. The maximum absolute atomic E-state index is 10.3. The average molecular weight is 463 g/mol. The molecule has 1 aromatic carbocycles. The number of nitrogens with one attached hydrogen (secondary N) is 1. The van der Waals surface area contributed by atoms with Crippen LogP contribution in [0, 0.1) is 6.92 Å². The maximum atomic E-state index is 10.3. The minimum atomic E-state index is 0.0820. The van der Waals surface area contributed by atoms with Crippen molar-refractivity contribution < 1.29 is 5.11 Å². The number of halogens is 2. The summed E-state index contributed by atoms with van der Waals surface area (Å²) in [5, 5.41) is 14.4. The third kappa shape index (κ3) is 4.40. The number of hydrazone groups is 1. The zero-order chi connectivity index (χ0) is 17.8. The lowest BCUT2D eigenvalue weighted by Gasteiger charge is -2.09. The minimum absolute atomic E-state index is 0.0820. The van der Waals surface area contributed by atoms with Crippen LogP contribution < -0.4 is 5.43 Å². The number of aromatic hydroxyl groups is 1. The summed E-state index contributed by atoms with van der Waals surface area (Å²) in [5.41, 5.74) is 5.02. The van der Waals surface area contributed by atoms with Crippen LogP contribution in [0.3, 0.4) is 0 Å². The number of phenolic OH excluding ortho intramolecular Hbond substituents is 1. The number of hydrogen-bond acceptors (Lipinski definition) is 6. The van der Waals surface area contributed by atoms with Gasteiger partial charge in [0.15, 0.2) is 11.6 Å². The predicted molar refractivity (Wildman–Crippen MR) is 105 cm³/mol. The molecular formula is C17H13Br2N5O. The van der Waals surface area contributed by atoms with Crippen LogP contribution in [0.2, 0.25) is 0 Å². The fourth-order valence-electron chi connectivity index (χ4n) is 2.11. The maximum Gasteiger partial charge on any atom is 0.165 e. The number of hydrogen-bond donors (Lipinski definition) is 2. The van der Waals surface area contributed by atoms with Crippen molar-refractivity contribution in [2.45, 2.75) is 6.92 Å². The highest BCUT2D eigenvalue weighted by Crippen LogP contribution is 2.37. The molecule has 0 aliphatic rings. The largest absolute Gasteiger partial charge is 0.506 e. The zero-order valence-corrected chi connectivity index (χ0v) is 16.3. The van der Waals surface area contributed by atoms with Crippen LogP contribution in [0.5, 0.6) is 5.75 Å². The van der Waals surface area contributed by atoms with E-state index in [9.17, 15) is 5.11 Å². The van der Waals surface area contributed by atoms with Gasteiger partial charge in [-0.05, 0) is 41.1 Å². The molecule has 0 fully saturated rings. The molecule has 0 atom stereocenters. The summed E-state index contributed by atoms with van der Waals surface area (Å²) in [5.74, 6) is 1.01. The van der Waals surface area contributed by atoms with E-state index in [0.717, 1.165) is 15.7 Å². The van der Waals surface area contributed by atoms with Gasteiger partial charge >= 0.3 is 0 Å². The number of aryl methyl sites for hydroxylation is 1. The Hall–Kier alpha value is -2.32. The van der Waals surface area contributed by atoms with Gasteiger partial charge in [0.25, 0.3) is 0 Å². The third-order valence-electron chi connectivity index (χ3n) is 3.20. The molecule has 2 N–H and O–H groups in total. The Morgan fingerprint density at radius 2 is 2.04 bits per heavy atom. The Morgan fingerprint density at radius 1 is 1.20 bits per heavy atom. The number of benzene rings is 1. The molecule has 0 saturated carbocycles. The Kier molecular flexibility index (Phi) is 5.40. The van der Waals surface area contributed by atoms with E-state index in [4.69, 9.17) is 0 Å². The first-order chi connectivity index (χ1) is 12.0. The van der Waals surface area contributed by atoms with E-state index >= 15 is 0 Å². The van der Waals surface area contributed by atoms with Crippen molar-refractivity contribution in [3.63, 3.8) is 0 Å². The van der Waals surface area contributed by atoms with Crippen molar-refractivity contribution in [3.05, 3.63) is 62.9 Å². The molecular weight excluding hydrogens is 450 g/mol. The van der Waals surface area contributed by atoms with E-state index in [1.54, 1.807) is 36.8 Å². The van der Waals surface area contributed by atoms with Gasteiger partial charge in [0, 0.05) is 34.2 Å². The molecule has 2 heterocycles. The van der Waals surface area contributed by atoms with E-state index in [1.165, 1.54) is 0 Å². The van der Waals surface area contributed by atoms with Gasteiger partial charge in [-0.25, -0.2) is 9.97 Å². The van der Waals surface area contributed by atoms with E-state index in [-0.39, 0.29) is 5.75 Å². The summed E-state index contributed by atoms with van der Waals surface area (Å²) in [6.07, 6.45) is 5.06. The number of aromatic nitrogens is 3. The van der Waals surface area contributed by atoms with Crippen molar-refractivity contribution in [3.8, 4) is 17.1 Å². The lowest BCUT2D eigenvalue weighted by Crippen LogP contribution is -1.99. The number of pyridine rings is 1. The number of phenols is 1.